The van der Waals surface area contributed by atoms with E-state index in [1.807, 2.05) is 25.1 Å². The Morgan fingerprint density at radius 3 is 2.84 bits per heavy atom. The van der Waals surface area contributed by atoms with Crippen LogP contribution in [-0.4, -0.2) is 19.6 Å². The Morgan fingerprint density at radius 1 is 1.28 bits per heavy atom. The van der Waals surface area contributed by atoms with E-state index in [9.17, 15) is 9.18 Å². The van der Waals surface area contributed by atoms with E-state index < -0.39 is 0 Å². The lowest BCUT2D eigenvalue weighted by molar-refractivity contribution is 0.0958. The van der Waals surface area contributed by atoms with Crippen molar-refractivity contribution in [2.24, 2.45) is 0 Å². The highest BCUT2D eigenvalue weighted by Gasteiger charge is 2.17. The summed E-state index contributed by atoms with van der Waals surface area (Å²) in [5.74, 6) is 0.206. The summed E-state index contributed by atoms with van der Waals surface area (Å²) < 4.78 is 19.3. The van der Waals surface area contributed by atoms with Gasteiger partial charge in [-0.15, -0.1) is 11.3 Å². The highest BCUT2D eigenvalue weighted by Crippen LogP contribution is 2.35. The molecular formula is C19H17ClFNO2S. The zero-order valence-corrected chi connectivity index (χ0v) is 15.4. The first-order chi connectivity index (χ1) is 12.0. The van der Waals surface area contributed by atoms with Gasteiger partial charge in [-0.2, -0.15) is 0 Å². The summed E-state index contributed by atoms with van der Waals surface area (Å²) in [5.41, 5.74) is 2.17. The second kappa shape index (κ2) is 7.42. The summed E-state index contributed by atoms with van der Waals surface area (Å²) in [6.45, 7) is 2.47. The van der Waals surface area contributed by atoms with Crippen LogP contribution in [0.4, 0.5) is 4.39 Å². The van der Waals surface area contributed by atoms with E-state index >= 15 is 0 Å². The lowest BCUT2D eigenvalue weighted by Crippen LogP contribution is -2.25. The predicted octanol–water partition coefficient (Wildman–Crippen LogP) is 4.98. The van der Waals surface area contributed by atoms with Gasteiger partial charge in [0.05, 0.1) is 12.1 Å². The number of amides is 1. The second-order valence-corrected chi connectivity index (χ2v) is 7.14. The number of benzene rings is 2. The number of hydrogen-bond acceptors (Lipinski definition) is 3. The van der Waals surface area contributed by atoms with Crippen molar-refractivity contribution in [1.82, 2.24) is 5.32 Å². The Bertz CT molecular complexity index is 939. The maximum absolute atomic E-state index is 13.3. The number of aryl methyl sites for hydroxylation is 1. The van der Waals surface area contributed by atoms with Gasteiger partial charge in [-0.3, -0.25) is 4.79 Å². The monoisotopic (exact) mass is 377 g/mol. The number of carbonyl (C=O) groups excluding carboxylic acids is 1. The lowest BCUT2D eigenvalue weighted by atomic mass is 10.1. The van der Waals surface area contributed by atoms with E-state index in [1.165, 1.54) is 23.5 Å². The molecule has 1 N–H and O–H groups in total. The summed E-state index contributed by atoms with van der Waals surface area (Å²) in [4.78, 5) is 12.8. The Labute approximate surface area is 154 Å². The van der Waals surface area contributed by atoms with Crippen LogP contribution in [0.2, 0.25) is 5.02 Å². The van der Waals surface area contributed by atoms with Crippen LogP contribution in [0.25, 0.3) is 10.1 Å². The van der Waals surface area contributed by atoms with Gasteiger partial charge in [0, 0.05) is 16.6 Å². The van der Waals surface area contributed by atoms with Gasteiger partial charge in [0.1, 0.15) is 16.4 Å². The van der Waals surface area contributed by atoms with E-state index in [-0.39, 0.29) is 11.7 Å². The number of ether oxygens (including phenoxy) is 1. The van der Waals surface area contributed by atoms with Crippen LogP contribution in [-0.2, 0) is 6.42 Å². The molecule has 130 valence electrons. The Morgan fingerprint density at radius 2 is 2.08 bits per heavy atom. The molecule has 1 aromatic heterocycles. The van der Waals surface area contributed by atoms with Crippen LogP contribution >= 0.6 is 22.9 Å². The third-order valence-corrected chi connectivity index (χ3v) is 5.57. The molecule has 0 aliphatic rings. The Kier molecular flexibility index (Phi) is 5.25. The Balaban J connectivity index is 1.71. The maximum Gasteiger partial charge on any atom is 0.262 e. The van der Waals surface area contributed by atoms with Crippen LogP contribution in [0.1, 0.15) is 20.8 Å². The standard InChI is InChI=1S/C19H17ClFNO2S/c1-11-3-6-15(24-2)12(9-11)7-8-22-19(23)18-17(20)14-5-4-13(21)10-16(14)25-18/h3-6,9-10H,7-8H2,1-2H3,(H,22,23). The molecule has 1 heterocycles. The molecule has 25 heavy (non-hydrogen) atoms. The third-order valence-electron chi connectivity index (χ3n) is 3.91. The normalized spacial score (nSPS) is 10.9. The zero-order valence-electron chi connectivity index (χ0n) is 13.9. The highest BCUT2D eigenvalue weighted by atomic mass is 35.5. The van der Waals surface area contributed by atoms with Gasteiger partial charge in [-0.25, -0.2) is 4.39 Å². The molecule has 0 atom stereocenters. The molecule has 0 saturated carbocycles. The number of thiophene rings is 1. The number of methoxy groups -OCH3 is 1. The molecule has 6 heteroatoms. The van der Waals surface area contributed by atoms with Crippen molar-refractivity contribution in [2.75, 3.05) is 13.7 Å². The largest absolute Gasteiger partial charge is 0.496 e. The molecule has 0 fully saturated rings. The first-order valence-electron chi connectivity index (χ1n) is 7.79. The van der Waals surface area contributed by atoms with Gasteiger partial charge in [-0.05, 0) is 43.2 Å². The molecular weight excluding hydrogens is 361 g/mol. The second-order valence-electron chi connectivity index (χ2n) is 5.71. The van der Waals surface area contributed by atoms with E-state index in [4.69, 9.17) is 16.3 Å². The summed E-state index contributed by atoms with van der Waals surface area (Å²) in [5, 5.41) is 3.93. The molecule has 0 radical (unpaired) electrons. The average Bonchev–Trinajstić information content (AvgIpc) is 2.91. The van der Waals surface area contributed by atoms with Crippen LogP contribution in [0.5, 0.6) is 5.75 Å². The minimum absolute atomic E-state index is 0.252. The first-order valence-corrected chi connectivity index (χ1v) is 8.98. The number of hydrogen-bond donors (Lipinski definition) is 1. The summed E-state index contributed by atoms with van der Waals surface area (Å²) in [6.07, 6.45) is 0.647. The molecule has 3 rings (SSSR count). The maximum atomic E-state index is 13.3. The van der Waals surface area contributed by atoms with Crippen molar-refractivity contribution in [2.45, 2.75) is 13.3 Å². The fraction of sp³-hybridized carbons (Fsp3) is 0.211. The van der Waals surface area contributed by atoms with E-state index in [2.05, 4.69) is 5.32 Å². The van der Waals surface area contributed by atoms with Crippen LogP contribution < -0.4 is 10.1 Å². The van der Waals surface area contributed by atoms with Crippen molar-refractivity contribution < 1.29 is 13.9 Å². The van der Waals surface area contributed by atoms with E-state index in [0.29, 0.717) is 33.0 Å². The fourth-order valence-corrected chi connectivity index (χ4v) is 4.14. The molecule has 0 bridgehead atoms. The molecule has 3 nitrogen and oxygen atoms in total. The molecule has 0 aliphatic carbocycles. The van der Waals surface area contributed by atoms with Gasteiger partial charge in [0.25, 0.3) is 5.91 Å². The van der Waals surface area contributed by atoms with Gasteiger partial charge in [0.15, 0.2) is 0 Å². The van der Waals surface area contributed by atoms with Crippen molar-refractivity contribution in [3.8, 4) is 5.75 Å². The number of fused-ring (bicyclic) bond motifs is 1. The van der Waals surface area contributed by atoms with Crippen LogP contribution in [0.15, 0.2) is 36.4 Å². The predicted molar refractivity (Wildman–Crippen MR) is 101 cm³/mol. The van der Waals surface area contributed by atoms with Gasteiger partial charge >= 0.3 is 0 Å². The molecule has 1 amide bonds. The van der Waals surface area contributed by atoms with E-state index in [0.717, 1.165) is 16.9 Å². The number of halogens is 2. The summed E-state index contributed by atoms with van der Waals surface area (Å²) in [6, 6.07) is 10.3. The number of carbonyl (C=O) groups is 1. The quantitative estimate of drug-likeness (QED) is 0.680. The number of rotatable bonds is 5. The SMILES string of the molecule is COc1ccc(C)cc1CCNC(=O)c1sc2cc(F)ccc2c1Cl. The lowest BCUT2D eigenvalue weighted by Gasteiger charge is -2.10. The zero-order chi connectivity index (χ0) is 18.0. The smallest absolute Gasteiger partial charge is 0.262 e. The van der Waals surface area contributed by atoms with E-state index in [1.54, 1.807) is 13.2 Å². The minimum Gasteiger partial charge on any atom is -0.496 e. The molecule has 0 aliphatic heterocycles. The summed E-state index contributed by atoms with van der Waals surface area (Å²) in [7, 11) is 1.63. The average molecular weight is 378 g/mol. The van der Waals surface area contributed by atoms with Crippen molar-refractivity contribution in [3.63, 3.8) is 0 Å². The molecule has 0 spiro atoms. The van der Waals surface area contributed by atoms with Crippen molar-refractivity contribution in [1.29, 1.82) is 0 Å². The van der Waals surface area contributed by atoms with Gasteiger partial charge in [0.2, 0.25) is 0 Å². The topological polar surface area (TPSA) is 38.3 Å². The molecule has 0 unspecified atom stereocenters. The van der Waals surface area contributed by atoms with Crippen molar-refractivity contribution in [3.05, 3.63) is 63.2 Å². The van der Waals surface area contributed by atoms with Crippen LogP contribution in [0.3, 0.4) is 0 Å². The fourth-order valence-electron chi connectivity index (χ4n) is 2.68. The highest BCUT2D eigenvalue weighted by molar-refractivity contribution is 7.21. The third kappa shape index (κ3) is 3.78. The van der Waals surface area contributed by atoms with Crippen molar-refractivity contribution >= 4 is 38.9 Å². The number of nitrogens with one attached hydrogen (secondary N) is 1. The molecule has 0 saturated heterocycles. The summed E-state index contributed by atoms with van der Waals surface area (Å²) >= 11 is 7.47. The molecule has 2 aromatic carbocycles. The van der Waals surface area contributed by atoms with Gasteiger partial charge < -0.3 is 10.1 Å². The van der Waals surface area contributed by atoms with Gasteiger partial charge in [-0.1, -0.05) is 29.3 Å². The first kappa shape index (κ1) is 17.7. The minimum atomic E-state index is -0.344. The molecule has 3 aromatic rings. The Hall–Kier alpha value is -2.11. The van der Waals surface area contributed by atoms with Crippen LogP contribution in [0, 0.1) is 12.7 Å².